The Morgan fingerprint density at radius 1 is 1.00 bits per heavy atom. The van der Waals surface area contributed by atoms with Crippen LogP contribution >= 0.6 is 27.5 Å². The van der Waals surface area contributed by atoms with E-state index in [2.05, 4.69) is 15.9 Å². The van der Waals surface area contributed by atoms with Gasteiger partial charge in [0.05, 0.1) is 4.83 Å². The summed E-state index contributed by atoms with van der Waals surface area (Å²) in [6, 6.07) is 7.90. The van der Waals surface area contributed by atoms with Crippen LogP contribution in [-0.4, -0.2) is 0 Å². The molecule has 2 aromatic carbocycles. The Kier molecular flexibility index (Phi) is 4.26. The second kappa shape index (κ2) is 5.59. The van der Waals surface area contributed by atoms with Crippen molar-refractivity contribution in [3.05, 3.63) is 69.2 Å². The average Bonchev–Trinajstić information content (AvgIpc) is 2.33. The van der Waals surface area contributed by atoms with Gasteiger partial charge in [0.1, 0.15) is 11.6 Å². The first kappa shape index (κ1) is 14.5. The quantitative estimate of drug-likeness (QED) is 0.611. The van der Waals surface area contributed by atoms with Gasteiger partial charge in [-0.05, 0) is 42.7 Å². The topological polar surface area (TPSA) is 0 Å². The van der Waals surface area contributed by atoms with Gasteiger partial charge >= 0.3 is 0 Å². The third-order valence-corrected chi connectivity index (χ3v) is 4.29. The molecule has 0 fully saturated rings. The summed E-state index contributed by atoms with van der Waals surface area (Å²) in [4.78, 5) is -0.403. The molecule has 0 radical (unpaired) electrons. The molecule has 0 aliphatic carbocycles. The Balaban J connectivity index is 2.49. The predicted molar refractivity (Wildman–Crippen MR) is 78.1 cm³/mol. The molecule has 0 saturated heterocycles. The first-order valence-electron chi connectivity index (χ1n) is 5.76. The highest BCUT2D eigenvalue weighted by molar-refractivity contribution is 9.09. The van der Waals surface area contributed by atoms with Gasteiger partial charge in [-0.2, -0.15) is 0 Å². The smallest absolute Gasteiger partial charge is 0.128 e. The molecule has 2 rings (SSSR count). The van der Waals surface area contributed by atoms with Crippen molar-refractivity contribution < 1.29 is 8.78 Å². The van der Waals surface area contributed by atoms with Crippen molar-refractivity contribution in [2.75, 3.05) is 0 Å². The molecule has 0 heterocycles. The van der Waals surface area contributed by atoms with Gasteiger partial charge in [0.2, 0.25) is 0 Å². The Hall–Kier alpha value is -0.930. The van der Waals surface area contributed by atoms with Crippen LogP contribution in [0.2, 0.25) is 5.02 Å². The maximum absolute atomic E-state index is 14.0. The van der Waals surface area contributed by atoms with Gasteiger partial charge in [0.25, 0.3) is 0 Å². The zero-order valence-electron chi connectivity index (χ0n) is 10.5. The lowest BCUT2D eigenvalue weighted by molar-refractivity contribution is 0.610. The van der Waals surface area contributed by atoms with Crippen molar-refractivity contribution in [1.29, 1.82) is 0 Å². The number of aryl methyl sites for hydroxylation is 2. The van der Waals surface area contributed by atoms with Crippen LogP contribution in [-0.2, 0) is 0 Å². The Labute approximate surface area is 124 Å². The van der Waals surface area contributed by atoms with Crippen LogP contribution in [0.25, 0.3) is 0 Å². The van der Waals surface area contributed by atoms with Crippen molar-refractivity contribution >= 4 is 27.5 Å². The van der Waals surface area contributed by atoms with E-state index in [9.17, 15) is 8.78 Å². The van der Waals surface area contributed by atoms with Crippen molar-refractivity contribution in [3.8, 4) is 0 Å². The van der Waals surface area contributed by atoms with E-state index in [1.165, 1.54) is 12.1 Å². The van der Waals surface area contributed by atoms with E-state index in [0.717, 1.165) is 5.56 Å². The van der Waals surface area contributed by atoms with Gasteiger partial charge < -0.3 is 0 Å². The van der Waals surface area contributed by atoms with Crippen molar-refractivity contribution in [1.82, 2.24) is 0 Å². The van der Waals surface area contributed by atoms with Crippen molar-refractivity contribution in [3.63, 3.8) is 0 Å². The number of alkyl halides is 1. The van der Waals surface area contributed by atoms with Gasteiger partial charge in [-0.15, -0.1) is 0 Å². The summed E-state index contributed by atoms with van der Waals surface area (Å²) in [5.41, 5.74) is 2.47. The molecule has 0 aliphatic heterocycles. The molecule has 1 unspecified atom stereocenters. The number of hydrogen-bond acceptors (Lipinski definition) is 0. The van der Waals surface area contributed by atoms with Crippen LogP contribution in [0.5, 0.6) is 0 Å². The molecule has 0 spiro atoms. The lowest BCUT2D eigenvalue weighted by atomic mass is 10.0. The van der Waals surface area contributed by atoms with E-state index in [4.69, 9.17) is 11.6 Å². The van der Waals surface area contributed by atoms with Crippen LogP contribution in [0.1, 0.15) is 27.1 Å². The Morgan fingerprint density at radius 3 is 2.32 bits per heavy atom. The van der Waals surface area contributed by atoms with Crippen molar-refractivity contribution in [2.24, 2.45) is 0 Å². The van der Waals surface area contributed by atoms with Gasteiger partial charge in [-0.25, -0.2) is 8.78 Å². The zero-order chi connectivity index (χ0) is 14.2. The molecule has 19 heavy (non-hydrogen) atoms. The Bertz CT molecular complexity index is 626. The fourth-order valence-electron chi connectivity index (χ4n) is 1.88. The third-order valence-electron chi connectivity index (χ3n) is 2.98. The van der Waals surface area contributed by atoms with Crippen LogP contribution in [0, 0.1) is 25.5 Å². The van der Waals surface area contributed by atoms with Gasteiger partial charge in [-0.1, -0.05) is 45.7 Å². The Morgan fingerprint density at radius 2 is 1.68 bits per heavy atom. The van der Waals surface area contributed by atoms with Gasteiger partial charge in [-0.3, -0.25) is 0 Å². The fourth-order valence-corrected chi connectivity index (χ4v) is 3.02. The zero-order valence-corrected chi connectivity index (χ0v) is 12.8. The highest BCUT2D eigenvalue weighted by Gasteiger charge is 2.19. The van der Waals surface area contributed by atoms with Crippen LogP contribution in [0.3, 0.4) is 0 Å². The normalized spacial score (nSPS) is 12.5. The predicted octanol–water partition coefficient (Wildman–Crippen LogP) is 5.72. The first-order valence-corrected chi connectivity index (χ1v) is 7.05. The molecule has 4 heteroatoms. The number of rotatable bonds is 2. The number of halogens is 4. The molecule has 0 aliphatic rings. The van der Waals surface area contributed by atoms with Crippen molar-refractivity contribution in [2.45, 2.75) is 18.7 Å². The molecule has 0 aromatic heterocycles. The van der Waals surface area contributed by atoms with Crippen LogP contribution in [0.15, 0.2) is 30.3 Å². The largest absolute Gasteiger partial charge is 0.207 e. The summed E-state index contributed by atoms with van der Waals surface area (Å²) in [5, 5.41) is 0.282. The summed E-state index contributed by atoms with van der Waals surface area (Å²) in [6.07, 6.45) is 0. The lowest BCUT2D eigenvalue weighted by Gasteiger charge is -2.15. The molecule has 100 valence electrons. The first-order chi connectivity index (χ1) is 8.90. The maximum Gasteiger partial charge on any atom is 0.128 e. The minimum atomic E-state index is -0.403. The summed E-state index contributed by atoms with van der Waals surface area (Å²) >= 11 is 9.47. The van der Waals surface area contributed by atoms with E-state index >= 15 is 0 Å². The van der Waals surface area contributed by atoms with E-state index in [-0.39, 0.29) is 16.7 Å². The standard InChI is InChI=1S/C15H12BrClF2/c1-8-3-4-10(14(19)5-8)15(16)11-6-9(2)13(18)7-12(11)17/h3-7,15H,1-2H3. The van der Waals surface area contributed by atoms with Gasteiger partial charge in [0.15, 0.2) is 0 Å². The molecule has 0 nitrogen and oxygen atoms in total. The lowest BCUT2D eigenvalue weighted by Crippen LogP contribution is -1.99. The molecule has 0 saturated carbocycles. The molecule has 2 aromatic rings. The number of benzene rings is 2. The molecular formula is C15H12BrClF2. The van der Waals surface area contributed by atoms with E-state index in [1.54, 1.807) is 19.1 Å². The van der Waals surface area contributed by atoms with E-state index in [0.29, 0.717) is 16.7 Å². The number of hydrogen-bond donors (Lipinski definition) is 0. The monoisotopic (exact) mass is 344 g/mol. The molecule has 0 amide bonds. The fraction of sp³-hybridized carbons (Fsp3) is 0.200. The second-order valence-electron chi connectivity index (χ2n) is 4.51. The SMILES string of the molecule is Cc1ccc(C(Br)c2cc(C)c(F)cc2Cl)c(F)c1. The van der Waals surface area contributed by atoms with E-state index < -0.39 is 4.83 Å². The van der Waals surface area contributed by atoms with Crippen LogP contribution in [0.4, 0.5) is 8.78 Å². The molecule has 1 atom stereocenters. The summed E-state index contributed by atoms with van der Waals surface area (Å²) in [7, 11) is 0. The highest BCUT2D eigenvalue weighted by Crippen LogP contribution is 2.37. The highest BCUT2D eigenvalue weighted by atomic mass is 79.9. The van der Waals surface area contributed by atoms with E-state index in [1.807, 2.05) is 13.0 Å². The molecule has 0 bridgehead atoms. The molecule has 0 N–H and O–H groups in total. The average molecular weight is 346 g/mol. The minimum Gasteiger partial charge on any atom is -0.207 e. The summed E-state index contributed by atoms with van der Waals surface area (Å²) in [5.74, 6) is -0.669. The maximum atomic E-state index is 14.0. The second-order valence-corrected chi connectivity index (χ2v) is 5.83. The third kappa shape index (κ3) is 2.98. The van der Waals surface area contributed by atoms with Gasteiger partial charge in [0, 0.05) is 10.6 Å². The molecular weight excluding hydrogens is 334 g/mol. The van der Waals surface area contributed by atoms with Crippen LogP contribution < -0.4 is 0 Å². The minimum absolute atomic E-state index is 0.282. The summed E-state index contributed by atoms with van der Waals surface area (Å²) < 4.78 is 27.3. The summed E-state index contributed by atoms with van der Waals surface area (Å²) in [6.45, 7) is 3.48.